The van der Waals surface area contributed by atoms with Crippen LogP contribution in [0.2, 0.25) is 0 Å². The van der Waals surface area contributed by atoms with Crippen LogP contribution in [-0.2, 0) is 14.6 Å². The summed E-state index contributed by atoms with van der Waals surface area (Å²) in [5.41, 5.74) is 1.65. The lowest BCUT2D eigenvalue weighted by Gasteiger charge is -2.22. The number of ether oxygens (including phenoxy) is 1. The van der Waals surface area contributed by atoms with Gasteiger partial charge in [0.05, 0.1) is 17.2 Å². The van der Waals surface area contributed by atoms with E-state index in [1.807, 2.05) is 25.1 Å². The van der Waals surface area contributed by atoms with Gasteiger partial charge in [-0.15, -0.1) is 0 Å². The second-order valence-corrected chi connectivity index (χ2v) is 7.81. The Kier molecular flexibility index (Phi) is 3.62. The molecule has 3 rings (SSSR count). The van der Waals surface area contributed by atoms with E-state index in [2.05, 4.69) is 10.6 Å². The highest BCUT2D eigenvalue weighted by atomic mass is 32.2. The van der Waals surface area contributed by atoms with Crippen LogP contribution < -0.4 is 15.4 Å². The molecule has 2 atom stereocenters. The molecule has 1 saturated heterocycles. The zero-order valence-electron chi connectivity index (χ0n) is 11.8. The molecule has 2 unspecified atom stereocenters. The predicted octanol–water partition coefficient (Wildman–Crippen LogP) is 0.855. The lowest BCUT2D eigenvalue weighted by Crippen LogP contribution is -2.32. The Hall–Kier alpha value is -1.60. The summed E-state index contributed by atoms with van der Waals surface area (Å²) < 4.78 is 28.3. The first-order chi connectivity index (χ1) is 9.93. The van der Waals surface area contributed by atoms with E-state index < -0.39 is 9.84 Å². The van der Waals surface area contributed by atoms with Crippen LogP contribution in [0.1, 0.15) is 24.9 Å². The number of carbonyl (C=O) groups excluding carboxylic acids is 1. The molecular weight excluding hydrogens is 292 g/mol. The largest absolute Gasteiger partial charge is 0.482 e. The number of hydrogen-bond acceptors (Lipinski definition) is 5. The Bertz CT molecular complexity index is 672. The first kappa shape index (κ1) is 14.3. The maximum atomic E-state index is 11.5. The molecule has 0 spiro atoms. The minimum Gasteiger partial charge on any atom is -0.482 e. The molecule has 1 aromatic rings. The van der Waals surface area contributed by atoms with Crippen molar-refractivity contribution in [3.63, 3.8) is 0 Å². The summed E-state index contributed by atoms with van der Waals surface area (Å²) in [4.78, 5) is 11.3. The molecule has 0 aliphatic carbocycles. The van der Waals surface area contributed by atoms with Crippen LogP contribution in [0.15, 0.2) is 18.2 Å². The second kappa shape index (κ2) is 5.31. The normalized spacial score (nSPS) is 24.8. The molecule has 0 radical (unpaired) electrons. The number of amides is 1. The molecule has 2 aliphatic heterocycles. The van der Waals surface area contributed by atoms with Crippen LogP contribution in [0.4, 0.5) is 5.69 Å². The van der Waals surface area contributed by atoms with Gasteiger partial charge in [0.25, 0.3) is 5.91 Å². The maximum Gasteiger partial charge on any atom is 0.262 e. The molecule has 1 amide bonds. The highest BCUT2D eigenvalue weighted by Crippen LogP contribution is 2.30. The van der Waals surface area contributed by atoms with Crippen molar-refractivity contribution in [2.24, 2.45) is 0 Å². The molecule has 2 N–H and O–H groups in total. The van der Waals surface area contributed by atoms with Gasteiger partial charge in [-0.3, -0.25) is 4.79 Å². The molecule has 7 heteroatoms. The fourth-order valence-corrected chi connectivity index (χ4v) is 4.43. The zero-order chi connectivity index (χ0) is 15.0. The molecule has 0 saturated carbocycles. The van der Waals surface area contributed by atoms with Crippen LogP contribution in [0.5, 0.6) is 5.75 Å². The summed E-state index contributed by atoms with van der Waals surface area (Å²) >= 11 is 0. The summed E-state index contributed by atoms with van der Waals surface area (Å²) in [6.07, 6.45) is 0.650. The molecule has 21 heavy (non-hydrogen) atoms. The molecular formula is C14H18N2O4S. The fraction of sp³-hybridized carbons (Fsp3) is 0.500. The third-order valence-corrected chi connectivity index (χ3v) is 5.62. The van der Waals surface area contributed by atoms with Crippen molar-refractivity contribution in [1.29, 1.82) is 0 Å². The average molecular weight is 310 g/mol. The van der Waals surface area contributed by atoms with Gasteiger partial charge >= 0.3 is 0 Å². The van der Waals surface area contributed by atoms with Crippen molar-refractivity contribution in [2.75, 3.05) is 23.4 Å². The third-order valence-electron chi connectivity index (χ3n) is 3.85. The topological polar surface area (TPSA) is 84.5 Å². The minimum atomic E-state index is -2.88. The van der Waals surface area contributed by atoms with Gasteiger partial charge in [0, 0.05) is 12.1 Å². The smallest absolute Gasteiger partial charge is 0.262 e. The van der Waals surface area contributed by atoms with E-state index in [1.54, 1.807) is 0 Å². The third kappa shape index (κ3) is 3.19. The van der Waals surface area contributed by atoms with Crippen molar-refractivity contribution in [3.8, 4) is 5.75 Å². The number of hydrogen-bond donors (Lipinski definition) is 2. The number of carbonyl (C=O) groups is 1. The first-order valence-corrected chi connectivity index (χ1v) is 8.78. The predicted molar refractivity (Wildman–Crippen MR) is 79.2 cm³/mol. The van der Waals surface area contributed by atoms with Gasteiger partial charge < -0.3 is 15.4 Å². The van der Waals surface area contributed by atoms with Gasteiger partial charge in [0.15, 0.2) is 16.4 Å². The lowest BCUT2D eigenvalue weighted by atomic mass is 10.1. The quantitative estimate of drug-likeness (QED) is 0.865. The van der Waals surface area contributed by atoms with Gasteiger partial charge in [-0.05, 0) is 31.0 Å². The van der Waals surface area contributed by atoms with Crippen molar-refractivity contribution < 1.29 is 17.9 Å². The number of fused-ring (bicyclic) bond motifs is 1. The summed E-state index contributed by atoms with van der Waals surface area (Å²) in [5.74, 6) is 0.948. The van der Waals surface area contributed by atoms with Gasteiger partial charge in [-0.1, -0.05) is 6.07 Å². The van der Waals surface area contributed by atoms with E-state index >= 15 is 0 Å². The Morgan fingerprint density at radius 3 is 2.95 bits per heavy atom. The van der Waals surface area contributed by atoms with Crippen molar-refractivity contribution in [3.05, 3.63) is 23.8 Å². The Morgan fingerprint density at radius 2 is 2.24 bits per heavy atom. The monoisotopic (exact) mass is 310 g/mol. The second-order valence-electron chi connectivity index (χ2n) is 5.58. The van der Waals surface area contributed by atoms with Gasteiger partial charge in [-0.2, -0.15) is 0 Å². The van der Waals surface area contributed by atoms with E-state index in [9.17, 15) is 13.2 Å². The molecule has 6 nitrogen and oxygen atoms in total. The zero-order valence-corrected chi connectivity index (χ0v) is 12.6. The van der Waals surface area contributed by atoms with Crippen LogP contribution in [0, 0.1) is 0 Å². The number of rotatable bonds is 3. The van der Waals surface area contributed by atoms with Crippen molar-refractivity contribution in [1.82, 2.24) is 5.32 Å². The minimum absolute atomic E-state index is 0.00688. The number of nitrogens with one attached hydrogen (secondary N) is 2. The number of anilines is 1. The highest BCUT2D eigenvalue weighted by molar-refractivity contribution is 7.91. The fourth-order valence-electron chi connectivity index (χ4n) is 2.75. The first-order valence-electron chi connectivity index (χ1n) is 6.96. The Morgan fingerprint density at radius 1 is 1.43 bits per heavy atom. The summed E-state index contributed by atoms with van der Waals surface area (Å²) in [6, 6.07) is 5.62. The standard InChI is InChI=1S/C14H18N2O4S/c1-9(15-11-4-5-21(18,19)8-11)10-2-3-13-12(6-10)16-14(17)7-20-13/h2-3,6,9,11,15H,4-5,7-8H2,1H3,(H,16,17). The number of benzene rings is 1. The molecule has 0 aromatic heterocycles. The molecule has 2 aliphatic rings. The van der Waals surface area contributed by atoms with E-state index in [1.165, 1.54) is 0 Å². The highest BCUT2D eigenvalue weighted by Gasteiger charge is 2.29. The molecule has 1 fully saturated rings. The average Bonchev–Trinajstić information content (AvgIpc) is 2.77. The Labute approximate surface area is 123 Å². The van der Waals surface area contributed by atoms with Crippen LogP contribution in [-0.4, -0.2) is 38.5 Å². The van der Waals surface area contributed by atoms with Crippen LogP contribution in [0.3, 0.4) is 0 Å². The molecule has 0 bridgehead atoms. The summed E-state index contributed by atoms with van der Waals surface area (Å²) in [5, 5.41) is 6.11. The summed E-state index contributed by atoms with van der Waals surface area (Å²) in [6.45, 7) is 2.03. The van der Waals surface area contributed by atoms with Crippen molar-refractivity contribution in [2.45, 2.75) is 25.4 Å². The Balaban J connectivity index is 1.72. The maximum absolute atomic E-state index is 11.5. The molecule has 1 aromatic carbocycles. The van der Waals surface area contributed by atoms with Gasteiger partial charge in [0.2, 0.25) is 0 Å². The summed E-state index contributed by atoms with van der Waals surface area (Å²) in [7, 11) is -2.88. The van der Waals surface area contributed by atoms with E-state index in [-0.39, 0.29) is 36.1 Å². The molecule has 2 heterocycles. The SMILES string of the molecule is CC(NC1CCS(=O)(=O)C1)c1ccc2c(c1)NC(=O)CO2. The van der Waals surface area contributed by atoms with E-state index in [4.69, 9.17) is 4.74 Å². The van der Waals surface area contributed by atoms with E-state index in [0.29, 0.717) is 17.9 Å². The molecule has 114 valence electrons. The van der Waals surface area contributed by atoms with Crippen molar-refractivity contribution >= 4 is 21.4 Å². The van der Waals surface area contributed by atoms with Crippen LogP contribution >= 0.6 is 0 Å². The number of sulfone groups is 1. The van der Waals surface area contributed by atoms with E-state index in [0.717, 1.165) is 5.56 Å². The van der Waals surface area contributed by atoms with Gasteiger partial charge in [0.1, 0.15) is 5.75 Å². The lowest BCUT2D eigenvalue weighted by molar-refractivity contribution is -0.118. The van der Waals surface area contributed by atoms with Crippen LogP contribution in [0.25, 0.3) is 0 Å². The van der Waals surface area contributed by atoms with Gasteiger partial charge in [-0.25, -0.2) is 8.42 Å².